The molecule has 0 aliphatic carbocycles. The van der Waals surface area contributed by atoms with Crippen LogP contribution in [0.5, 0.6) is 0 Å². The van der Waals surface area contributed by atoms with Gasteiger partial charge in [0.1, 0.15) is 11.5 Å². The summed E-state index contributed by atoms with van der Waals surface area (Å²) in [4.78, 5) is 2.31. The molecule has 3 atom stereocenters. The molecular weight excluding hydrogens is 240 g/mol. The summed E-state index contributed by atoms with van der Waals surface area (Å²) in [7, 11) is 2.13. The minimum Gasteiger partial charge on any atom is -0.465 e. The van der Waals surface area contributed by atoms with E-state index in [9.17, 15) is 0 Å². The number of hydrogen-bond donors (Lipinski definition) is 1. The van der Waals surface area contributed by atoms with E-state index in [1.807, 2.05) is 26.0 Å². The Bertz CT molecular complexity index is 383. The van der Waals surface area contributed by atoms with E-state index in [0.717, 1.165) is 31.3 Å². The molecule has 3 unspecified atom stereocenters. The number of furan rings is 1. The molecule has 0 saturated carbocycles. The first kappa shape index (κ1) is 14.6. The first-order valence-corrected chi connectivity index (χ1v) is 7.18. The average molecular weight is 266 g/mol. The van der Waals surface area contributed by atoms with E-state index in [1.165, 1.54) is 12.8 Å². The fourth-order valence-electron chi connectivity index (χ4n) is 2.96. The summed E-state index contributed by atoms with van der Waals surface area (Å²) in [6.07, 6.45) is 2.41. The number of nitrogens with two attached hydrogens (primary N) is 1. The second kappa shape index (κ2) is 6.55. The zero-order valence-electron chi connectivity index (χ0n) is 12.3. The Labute approximate surface area is 115 Å². The monoisotopic (exact) mass is 266 g/mol. The molecule has 0 radical (unpaired) electrons. The minimum absolute atomic E-state index is 0.0417. The summed E-state index contributed by atoms with van der Waals surface area (Å²) >= 11 is 0. The van der Waals surface area contributed by atoms with E-state index < -0.39 is 0 Å². The van der Waals surface area contributed by atoms with Crippen LogP contribution < -0.4 is 5.73 Å². The third kappa shape index (κ3) is 3.81. The maximum absolute atomic E-state index is 6.15. The second-order valence-electron chi connectivity index (χ2n) is 5.78. The molecule has 19 heavy (non-hydrogen) atoms. The van der Waals surface area contributed by atoms with Gasteiger partial charge in [0.05, 0.1) is 12.6 Å². The maximum atomic E-state index is 6.15. The Morgan fingerprint density at radius 3 is 2.79 bits per heavy atom. The van der Waals surface area contributed by atoms with Crippen LogP contribution in [0.4, 0.5) is 0 Å². The molecule has 1 saturated heterocycles. The highest BCUT2D eigenvalue weighted by Crippen LogP contribution is 2.26. The van der Waals surface area contributed by atoms with Crippen LogP contribution in [0.25, 0.3) is 0 Å². The molecule has 4 heteroatoms. The van der Waals surface area contributed by atoms with Gasteiger partial charge in [-0.2, -0.15) is 0 Å². The Hall–Kier alpha value is -0.840. The third-order valence-electron chi connectivity index (χ3n) is 3.83. The van der Waals surface area contributed by atoms with E-state index in [1.54, 1.807) is 0 Å². The van der Waals surface area contributed by atoms with E-state index in [0.29, 0.717) is 5.92 Å². The summed E-state index contributed by atoms with van der Waals surface area (Å²) < 4.78 is 11.3. The summed E-state index contributed by atoms with van der Waals surface area (Å²) in [5, 5.41) is 0. The molecule has 1 fully saturated rings. The van der Waals surface area contributed by atoms with Crippen LogP contribution in [-0.4, -0.2) is 37.7 Å². The van der Waals surface area contributed by atoms with Crippen molar-refractivity contribution in [2.24, 2.45) is 11.7 Å². The summed E-state index contributed by atoms with van der Waals surface area (Å²) in [5.41, 5.74) is 6.15. The number of ether oxygens (including phenoxy) is 1. The first-order valence-electron chi connectivity index (χ1n) is 7.18. The van der Waals surface area contributed by atoms with Gasteiger partial charge in [0.2, 0.25) is 0 Å². The van der Waals surface area contributed by atoms with Gasteiger partial charge in [0.25, 0.3) is 0 Å². The van der Waals surface area contributed by atoms with Crippen LogP contribution in [-0.2, 0) is 4.74 Å². The Kier molecular flexibility index (Phi) is 5.02. The first-order chi connectivity index (χ1) is 9.08. The van der Waals surface area contributed by atoms with Crippen molar-refractivity contribution in [2.45, 2.75) is 38.8 Å². The fraction of sp³-hybridized carbons (Fsp3) is 0.733. The number of nitrogens with zero attached hydrogens (tertiary/aromatic N) is 1. The molecular formula is C15H26N2O2. The predicted molar refractivity (Wildman–Crippen MR) is 76.0 cm³/mol. The van der Waals surface area contributed by atoms with Gasteiger partial charge in [-0.05, 0) is 51.8 Å². The zero-order valence-corrected chi connectivity index (χ0v) is 12.3. The largest absolute Gasteiger partial charge is 0.465 e. The van der Waals surface area contributed by atoms with Gasteiger partial charge in [-0.25, -0.2) is 0 Å². The molecule has 2 heterocycles. The van der Waals surface area contributed by atoms with Crippen molar-refractivity contribution in [1.82, 2.24) is 4.90 Å². The van der Waals surface area contributed by atoms with Crippen LogP contribution in [0.1, 0.15) is 37.3 Å². The Balaban J connectivity index is 2.01. The summed E-state index contributed by atoms with van der Waals surface area (Å²) in [6.45, 7) is 6.79. The van der Waals surface area contributed by atoms with Crippen molar-refractivity contribution < 1.29 is 9.15 Å². The minimum atomic E-state index is 0.0417. The zero-order chi connectivity index (χ0) is 13.8. The third-order valence-corrected chi connectivity index (χ3v) is 3.83. The molecule has 2 N–H and O–H groups in total. The second-order valence-corrected chi connectivity index (χ2v) is 5.78. The average Bonchev–Trinajstić information content (AvgIpc) is 2.76. The molecule has 4 nitrogen and oxygen atoms in total. The van der Waals surface area contributed by atoms with Crippen molar-refractivity contribution in [3.63, 3.8) is 0 Å². The van der Waals surface area contributed by atoms with Gasteiger partial charge in [-0.3, -0.25) is 4.90 Å². The van der Waals surface area contributed by atoms with Crippen LogP contribution in [0, 0.1) is 12.8 Å². The van der Waals surface area contributed by atoms with Crippen molar-refractivity contribution in [2.75, 3.05) is 26.8 Å². The number of likely N-dealkylation sites (N-methyl/N-ethyl adjacent to an activating group) is 1. The van der Waals surface area contributed by atoms with Gasteiger partial charge in [-0.15, -0.1) is 0 Å². The van der Waals surface area contributed by atoms with Crippen LogP contribution in [0.2, 0.25) is 0 Å². The van der Waals surface area contributed by atoms with Gasteiger partial charge in [0, 0.05) is 19.2 Å². The van der Waals surface area contributed by atoms with Gasteiger partial charge >= 0.3 is 0 Å². The summed E-state index contributed by atoms with van der Waals surface area (Å²) in [6, 6.07) is 4.22. The molecule has 1 aliphatic rings. The van der Waals surface area contributed by atoms with Crippen molar-refractivity contribution in [3.05, 3.63) is 23.7 Å². The molecule has 0 bridgehead atoms. The summed E-state index contributed by atoms with van der Waals surface area (Å²) in [5.74, 6) is 2.51. The lowest BCUT2D eigenvalue weighted by molar-refractivity contribution is 0.0324. The molecule has 2 rings (SSSR count). The van der Waals surface area contributed by atoms with Crippen LogP contribution in [0.3, 0.4) is 0 Å². The van der Waals surface area contributed by atoms with E-state index >= 15 is 0 Å². The van der Waals surface area contributed by atoms with Gasteiger partial charge < -0.3 is 14.9 Å². The van der Waals surface area contributed by atoms with Crippen LogP contribution in [0.15, 0.2) is 16.5 Å². The lowest BCUT2D eigenvalue weighted by Gasteiger charge is -2.33. The highest BCUT2D eigenvalue weighted by atomic mass is 16.5. The van der Waals surface area contributed by atoms with E-state index in [4.69, 9.17) is 14.9 Å². The highest BCUT2D eigenvalue weighted by molar-refractivity contribution is 5.11. The Morgan fingerprint density at radius 2 is 2.26 bits per heavy atom. The number of rotatable bonds is 5. The van der Waals surface area contributed by atoms with Gasteiger partial charge in [0.15, 0.2) is 0 Å². The number of aryl methyl sites for hydroxylation is 1. The SMILES string of the molecule is Cc1ccc(C(C(C)N)N(C)CC2CCCOC2)o1. The van der Waals surface area contributed by atoms with Crippen molar-refractivity contribution in [3.8, 4) is 0 Å². The molecule has 0 aromatic carbocycles. The quantitative estimate of drug-likeness (QED) is 0.888. The lowest BCUT2D eigenvalue weighted by atomic mass is 9.99. The molecule has 1 aliphatic heterocycles. The normalized spacial score (nSPS) is 23.5. The van der Waals surface area contributed by atoms with Crippen molar-refractivity contribution >= 4 is 0 Å². The molecule has 0 spiro atoms. The molecule has 0 amide bonds. The molecule has 1 aromatic rings. The maximum Gasteiger partial charge on any atom is 0.122 e. The van der Waals surface area contributed by atoms with Crippen molar-refractivity contribution in [1.29, 1.82) is 0 Å². The van der Waals surface area contributed by atoms with Crippen LogP contribution >= 0.6 is 0 Å². The fourth-order valence-corrected chi connectivity index (χ4v) is 2.96. The highest BCUT2D eigenvalue weighted by Gasteiger charge is 2.26. The van der Waals surface area contributed by atoms with Gasteiger partial charge in [-0.1, -0.05) is 0 Å². The topological polar surface area (TPSA) is 51.6 Å². The standard InChI is InChI=1S/C15H26N2O2/c1-11-6-7-14(19-11)15(12(2)16)17(3)9-13-5-4-8-18-10-13/h6-7,12-13,15H,4-5,8-10,16H2,1-3H3. The lowest BCUT2D eigenvalue weighted by Crippen LogP contribution is -2.40. The number of hydrogen-bond acceptors (Lipinski definition) is 4. The molecule has 108 valence electrons. The Morgan fingerprint density at radius 1 is 1.47 bits per heavy atom. The predicted octanol–water partition coefficient (Wildman–Crippen LogP) is 2.33. The van der Waals surface area contributed by atoms with E-state index in [-0.39, 0.29) is 12.1 Å². The molecule has 1 aromatic heterocycles. The smallest absolute Gasteiger partial charge is 0.122 e. The van der Waals surface area contributed by atoms with E-state index in [2.05, 4.69) is 11.9 Å².